The molecule has 1 amide bonds. The summed E-state index contributed by atoms with van der Waals surface area (Å²) < 4.78 is 0. The van der Waals surface area contributed by atoms with Gasteiger partial charge in [-0.25, -0.2) is 9.97 Å². The van der Waals surface area contributed by atoms with Gasteiger partial charge < -0.3 is 10.6 Å². The molecule has 2 heterocycles. The molecule has 0 spiro atoms. The van der Waals surface area contributed by atoms with Crippen molar-refractivity contribution in [3.05, 3.63) is 71.7 Å². The quantitative estimate of drug-likeness (QED) is 0.750. The molecule has 2 aromatic heterocycles. The molecule has 0 saturated heterocycles. The number of hydrogen-bond acceptors (Lipinski definition) is 5. The number of rotatable bonds is 5. The predicted octanol–water partition coefficient (Wildman–Crippen LogP) is 2.82. The molecule has 1 aromatic carbocycles. The Kier molecular flexibility index (Phi) is 4.99. The number of aryl methyl sites for hydroxylation is 1. The fourth-order valence-corrected chi connectivity index (χ4v) is 2.44. The highest BCUT2D eigenvalue weighted by Gasteiger charge is 2.07. The summed E-state index contributed by atoms with van der Waals surface area (Å²) in [5, 5.41) is 5.92. The van der Waals surface area contributed by atoms with Crippen molar-refractivity contribution in [1.29, 1.82) is 0 Å². The Morgan fingerprint density at radius 1 is 1.12 bits per heavy atom. The van der Waals surface area contributed by atoms with Gasteiger partial charge in [0.05, 0.1) is 0 Å². The number of carbonyl (C=O) groups is 1. The van der Waals surface area contributed by atoms with Crippen molar-refractivity contribution < 1.29 is 4.79 Å². The molecule has 0 radical (unpaired) electrons. The lowest BCUT2D eigenvalue weighted by molar-refractivity contribution is 0.0963. The molecule has 0 saturated carbocycles. The first-order chi connectivity index (χ1) is 12.2. The first kappa shape index (κ1) is 16.6. The van der Waals surface area contributed by atoms with Crippen molar-refractivity contribution in [3.8, 4) is 11.4 Å². The Hall–Kier alpha value is -3.28. The van der Waals surface area contributed by atoms with Gasteiger partial charge in [-0.05, 0) is 36.8 Å². The first-order valence-corrected chi connectivity index (χ1v) is 7.96. The zero-order valence-electron chi connectivity index (χ0n) is 14.2. The van der Waals surface area contributed by atoms with E-state index < -0.39 is 0 Å². The molecule has 0 aliphatic rings. The van der Waals surface area contributed by atoms with Gasteiger partial charge in [-0.3, -0.25) is 9.78 Å². The molecule has 0 aliphatic heterocycles. The second kappa shape index (κ2) is 7.53. The van der Waals surface area contributed by atoms with Crippen LogP contribution in [0, 0.1) is 6.92 Å². The lowest BCUT2D eigenvalue weighted by Crippen LogP contribution is -2.18. The molecule has 0 unspecified atom stereocenters. The third-order valence-corrected chi connectivity index (χ3v) is 3.66. The van der Waals surface area contributed by atoms with Crippen LogP contribution in [0.25, 0.3) is 11.4 Å². The Morgan fingerprint density at radius 3 is 2.76 bits per heavy atom. The number of hydrogen-bond donors (Lipinski definition) is 2. The summed E-state index contributed by atoms with van der Waals surface area (Å²) in [6.07, 6.45) is 3.46. The maximum absolute atomic E-state index is 11.7. The zero-order chi connectivity index (χ0) is 17.6. The van der Waals surface area contributed by atoms with Crippen LogP contribution in [0.1, 0.15) is 21.6 Å². The van der Waals surface area contributed by atoms with E-state index in [4.69, 9.17) is 0 Å². The average Bonchev–Trinajstić information content (AvgIpc) is 2.66. The standard InChI is InChI=1S/C19H19N5O/c1-13-9-17(24-18(23-13)16-7-4-8-21-12-16)22-11-14-5-3-6-15(10-14)19(25)20-2/h3-10,12H,11H2,1-2H3,(H,20,25)(H,22,23,24). The molecule has 2 N–H and O–H groups in total. The van der Waals surface area contributed by atoms with Crippen molar-refractivity contribution in [3.63, 3.8) is 0 Å². The summed E-state index contributed by atoms with van der Waals surface area (Å²) in [7, 11) is 1.62. The van der Waals surface area contributed by atoms with Crippen LogP contribution in [0.3, 0.4) is 0 Å². The number of carbonyl (C=O) groups excluding carboxylic acids is 1. The number of pyridine rings is 1. The lowest BCUT2D eigenvalue weighted by atomic mass is 10.1. The monoisotopic (exact) mass is 333 g/mol. The van der Waals surface area contributed by atoms with Crippen LogP contribution >= 0.6 is 0 Å². The Bertz CT molecular complexity index is 880. The molecule has 126 valence electrons. The normalized spacial score (nSPS) is 10.3. The molecule has 3 rings (SSSR count). The van der Waals surface area contributed by atoms with Crippen LogP contribution in [0.2, 0.25) is 0 Å². The van der Waals surface area contributed by atoms with Crippen molar-refractivity contribution in [1.82, 2.24) is 20.3 Å². The van der Waals surface area contributed by atoms with E-state index in [-0.39, 0.29) is 5.91 Å². The molecule has 0 aliphatic carbocycles. The van der Waals surface area contributed by atoms with Gasteiger partial charge in [-0.1, -0.05) is 12.1 Å². The van der Waals surface area contributed by atoms with Crippen molar-refractivity contribution in [2.24, 2.45) is 0 Å². The van der Waals surface area contributed by atoms with E-state index in [1.807, 2.05) is 43.3 Å². The summed E-state index contributed by atoms with van der Waals surface area (Å²) in [4.78, 5) is 24.9. The largest absolute Gasteiger partial charge is 0.366 e. The molecule has 3 aromatic rings. The summed E-state index contributed by atoms with van der Waals surface area (Å²) in [5.41, 5.74) is 3.38. The average molecular weight is 333 g/mol. The molecule has 0 fully saturated rings. The highest BCUT2D eigenvalue weighted by atomic mass is 16.1. The van der Waals surface area contributed by atoms with Crippen LogP contribution in [0.4, 0.5) is 5.82 Å². The number of nitrogens with zero attached hydrogens (tertiary/aromatic N) is 3. The summed E-state index contributed by atoms with van der Waals surface area (Å²) >= 11 is 0. The molecule has 0 atom stereocenters. The van der Waals surface area contributed by atoms with Crippen molar-refractivity contribution in [2.75, 3.05) is 12.4 Å². The first-order valence-electron chi connectivity index (χ1n) is 7.96. The van der Waals surface area contributed by atoms with Gasteiger partial charge in [0.1, 0.15) is 5.82 Å². The minimum absolute atomic E-state index is 0.0985. The fourth-order valence-electron chi connectivity index (χ4n) is 2.44. The number of amides is 1. The topological polar surface area (TPSA) is 79.8 Å². The molecule has 6 heteroatoms. The second-order valence-electron chi connectivity index (χ2n) is 5.59. The van der Waals surface area contributed by atoms with Crippen LogP contribution in [0.15, 0.2) is 54.9 Å². The Labute approximate surface area is 146 Å². The number of aromatic nitrogens is 3. The minimum atomic E-state index is -0.0985. The van der Waals surface area contributed by atoms with Gasteiger partial charge in [-0.15, -0.1) is 0 Å². The number of benzene rings is 1. The summed E-state index contributed by atoms with van der Waals surface area (Å²) in [6.45, 7) is 2.49. The smallest absolute Gasteiger partial charge is 0.251 e. The van der Waals surface area contributed by atoms with Crippen LogP contribution in [-0.4, -0.2) is 27.9 Å². The molecular formula is C19H19N5O. The predicted molar refractivity (Wildman–Crippen MR) is 97.2 cm³/mol. The maximum atomic E-state index is 11.7. The van der Waals surface area contributed by atoms with E-state index in [2.05, 4.69) is 25.6 Å². The van der Waals surface area contributed by atoms with E-state index >= 15 is 0 Å². The Balaban J connectivity index is 1.78. The second-order valence-corrected chi connectivity index (χ2v) is 5.59. The van der Waals surface area contributed by atoms with Gasteiger partial charge >= 0.3 is 0 Å². The highest BCUT2D eigenvalue weighted by molar-refractivity contribution is 5.94. The van der Waals surface area contributed by atoms with Gasteiger partial charge in [0.25, 0.3) is 5.91 Å². The molecule has 25 heavy (non-hydrogen) atoms. The van der Waals surface area contributed by atoms with Crippen molar-refractivity contribution >= 4 is 11.7 Å². The van der Waals surface area contributed by atoms with Crippen LogP contribution in [-0.2, 0) is 6.54 Å². The third kappa shape index (κ3) is 4.17. The number of anilines is 1. The number of nitrogens with one attached hydrogen (secondary N) is 2. The van der Waals surface area contributed by atoms with Crippen LogP contribution < -0.4 is 10.6 Å². The molecule has 0 bridgehead atoms. The lowest BCUT2D eigenvalue weighted by Gasteiger charge is -2.09. The van der Waals surface area contributed by atoms with Crippen LogP contribution in [0.5, 0.6) is 0 Å². The SMILES string of the molecule is CNC(=O)c1cccc(CNc2cc(C)nc(-c3cccnc3)n2)c1. The maximum Gasteiger partial charge on any atom is 0.251 e. The van der Waals surface area contributed by atoms with Gasteiger partial charge in [-0.2, -0.15) is 0 Å². The van der Waals surface area contributed by atoms with Crippen molar-refractivity contribution in [2.45, 2.75) is 13.5 Å². The summed E-state index contributed by atoms with van der Waals surface area (Å²) in [5.74, 6) is 1.27. The van der Waals surface area contributed by atoms with E-state index in [9.17, 15) is 4.79 Å². The van der Waals surface area contributed by atoms with Gasteiger partial charge in [0.15, 0.2) is 5.82 Å². The third-order valence-electron chi connectivity index (χ3n) is 3.66. The van der Waals surface area contributed by atoms with Gasteiger partial charge in [0.2, 0.25) is 0 Å². The Morgan fingerprint density at radius 2 is 2.00 bits per heavy atom. The molecule has 6 nitrogen and oxygen atoms in total. The fraction of sp³-hybridized carbons (Fsp3) is 0.158. The van der Waals surface area contributed by atoms with Gasteiger partial charge in [0, 0.05) is 48.9 Å². The van der Waals surface area contributed by atoms with E-state index in [0.717, 1.165) is 22.6 Å². The van der Waals surface area contributed by atoms with E-state index in [0.29, 0.717) is 17.9 Å². The zero-order valence-corrected chi connectivity index (χ0v) is 14.2. The molecular weight excluding hydrogens is 314 g/mol. The summed E-state index contributed by atoms with van der Waals surface area (Å²) in [6, 6.07) is 13.2. The minimum Gasteiger partial charge on any atom is -0.366 e. The van der Waals surface area contributed by atoms with E-state index in [1.54, 1.807) is 25.5 Å². The highest BCUT2D eigenvalue weighted by Crippen LogP contribution is 2.17. The van der Waals surface area contributed by atoms with E-state index in [1.165, 1.54) is 0 Å².